The third-order valence-corrected chi connectivity index (χ3v) is 0.978. The van der Waals surface area contributed by atoms with Crippen LogP contribution in [0.1, 0.15) is 6.92 Å². The minimum Gasteiger partial charge on any atom is -0.478 e. The molecule has 0 aromatic carbocycles. The Hall–Kier alpha value is -0.870. The zero-order valence-corrected chi connectivity index (χ0v) is 7.74. The summed E-state index contributed by atoms with van der Waals surface area (Å²) in [6.45, 7) is 5.60. The average Bonchev–Trinajstić information content (AvgIpc) is 2.06. The van der Waals surface area contributed by atoms with E-state index in [0.717, 1.165) is 6.08 Å². The summed E-state index contributed by atoms with van der Waals surface area (Å²) in [6.07, 6.45) is 1.06. The highest BCUT2D eigenvalue weighted by Crippen LogP contribution is 1.84. The molecule has 1 atom stereocenters. The number of hydrogen-bond donors (Lipinski definition) is 1. The molecule has 1 unspecified atom stereocenters. The van der Waals surface area contributed by atoms with E-state index in [2.05, 4.69) is 6.58 Å². The number of carboxylic acid groups (broad SMARTS) is 1. The van der Waals surface area contributed by atoms with Gasteiger partial charge in [0, 0.05) is 20.3 Å². The lowest BCUT2D eigenvalue weighted by atomic mass is 10.4. The predicted octanol–water partition coefficient (Wildman–Crippen LogP) is 0.925. The maximum absolute atomic E-state index is 9.25. The quantitative estimate of drug-likeness (QED) is 0.647. The topological polar surface area (TPSA) is 55.8 Å². The molecule has 12 heavy (non-hydrogen) atoms. The van der Waals surface area contributed by atoms with Crippen LogP contribution in [-0.4, -0.2) is 38.0 Å². The van der Waals surface area contributed by atoms with Crippen molar-refractivity contribution in [2.24, 2.45) is 0 Å². The second kappa shape index (κ2) is 10.1. The van der Waals surface area contributed by atoms with Crippen LogP contribution in [0.25, 0.3) is 0 Å². The summed E-state index contributed by atoms with van der Waals surface area (Å²) >= 11 is 0. The maximum Gasteiger partial charge on any atom is 0.327 e. The van der Waals surface area contributed by atoms with Gasteiger partial charge in [-0.2, -0.15) is 0 Å². The van der Waals surface area contributed by atoms with Gasteiger partial charge in [0.05, 0.1) is 12.7 Å². The molecular weight excluding hydrogens is 160 g/mol. The van der Waals surface area contributed by atoms with Gasteiger partial charge < -0.3 is 14.6 Å². The van der Waals surface area contributed by atoms with Crippen molar-refractivity contribution in [3.05, 3.63) is 12.7 Å². The first kappa shape index (κ1) is 13.7. The van der Waals surface area contributed by atoms with Crippen LogP contribution >= 0.6 is 0 Å². The second-order valence-electron chi connectivity index (χ2n) is 2.04. The van der Waals surface area contributed by atoms with E-state index in [1.807, 2.05) is 6.92 Å². The van der Waals surface area contributed by atoms with E-state index in [4.69, 9.17) is 14.6 Å². The summed E-state index contributed by atoms with van der Waals surface area (Å²) in [7, 11) is 3.33. The SMILES string of the molecule is C=CC(=O)O.COCC(C)OC. The van der Waals surface area contributed by atoms with Crippen LogP contribution in [0.5, 0.6) is 0 Å². The zero-order chi connectivity index (χ0) is 9.98. The summed E-state index contributed by atoms with van der Waals surface area (Å²) in [5.74, 6) is -0.981. The van der Waals surface area contributed by atoms with Gasteiger partial charge in [-0.25, -0.2) is 4.79 Å². The molecule has 4 heteroatoms. The molecule has 4 nitrogen and oxygen atoms in total. The molecule has 0 saturated carbocycles. The molecule has 0 saturated heterocycles. The van der Waals surface area contributed by atoms with Crippen molar-refractivity contribution in [1.29, 1.82) is 0 Å². The lowest BCUT2D eigenvalue weighted by molar-refractivity contribution is -0.131. The number of carboxylic acids is 1. The van der Waals surface area contributed by atoms with Gasteiger partial charge in [-0.15, -0.1) is 0 Å². The second-order valence-corrected chi connectivity index (χ2v) is 2.04. The van der Waals surface area contributed by atoms with E-state index in [9.17, 15) is 4.79 Å². The van der Waals surface area contributed by atoms with Crippen LogP contribution in [0.4, 0.5) is 0 Å². The number of methoxy groups -OCH3 is 2. The van der Waals surface area contributed by atoms with Crippen LogP contribution in [0.15, 0.2) is 12.7 Å². The van der Waals surface area contributed by atoms with Gasteiger partial charge in [0.15, 0.2) is 0 Å². The Morgan fingerprint density at radius 3 is 2.17 bits per heavy atom. The van der Waals surface area contributed by atoms with Gasteiger partial charge >= 0.3 is 5.97 Å². The molecule has 0 rings (SSSR count). The molecule has 0 spiro atoms. The Bertz CT molecular complexity index is 122. The fourth-order valence-corrected chi connectivity index (χ4v) is 0.303. The van der Waals surface area contributed by atoms with Crippen molar-refractivity contribution in [2.45, 2.75) is 13.0 Å². The number of ether oxygens (including phenoxy) is 2. The molecule has 0 bridgehead atoms. The lowest BCUT2D eigenvalue weighted by Crippen LogP contribution is -2.11. The molecule has 0 radical (unpaired) electrons. The van der Waals surface area contributed by atoms with Gasteiger partial charge in [0.1, 0.15) is 0 Å². The maximum atomic E-state index is 9.25. The smallest absolute Gasteiger partial charge is 0.327 e. The molecule has 0 heterocycles. The molecular formula is C8H16O4. The van der Waals surface area contributed by atoms with E-state index in [-0.39, 0.29) is 6.10 Å². The Morgan fingerprint density at radius 2 is 2.08 bits per heavy atom. The Labute approximate surface area is 72.8 Å². The van der Waals surface area contributed by atoms with Crippen LogP contribution < -0.4 is 0 Å². The number of carbonyl (C=O) groups is 1. The summed E-state index contributed by atoms with van der Waals surface area (Å²) < 4.78 is 9.64. The lowest BCUT2D eigenvalue weighted by Gasteiger charge is -2.05. The van der Waals surface area contributed by atoms with E-state index >= 15 is 0 Å². The third-order valence-electron chi connectivity index (χ3n) is 0.978. The first-order valence-corrected chi connectivity index (χ1v) is 3.45. The molecule has 72 valence electrons. The van der Waals surface area contributed by atoms with Crippen molar-refractivity contribution >= 4 is 5.97 Å². The van der Waals surface area contributed by atoms with Gasteiger partial charge in [-0.05, 0) is 6.92 Å². The van der Waals surface area contributed by atoms with Crippen LogP contribution in [0.2, 0.25) is 0 Å². The van der Waals surface area contributed by atoms with E-state index in [0.29, 0.717) is 6.61 Å². The zero-order valence-electron chi connectivity index (χ0n) is 7.74. The molecule has 0 aromatic rings. The van der Waals surface area contributed by atoms with Crippen molar-refractivity contribution in [1.82, 2.24) is 0 Å². The molecule has 1 N–H and O–H groups in total. The fourth-order valence-electron chi connectivity index (χ4n) is 0.303. The summed E-state index contributed by atoms with van der Waals surface area (Å²) in [6, 6.07) is 0. The number of aliphatic carboxylic acids is 1. The predicted molar refractivity (Wildman–Crippen MR) is 46.2 cm³/mol. The first-order chi connectivity index (χ1) is 5.58. The highest BCUT2D eigenvalue weighted by atomic mass is 16.5. The normalized spacial score (nSPS) is 10.9. The van der Waals surface area contributed by atoms with Crippen molar-refractivity contribution in [3.8, 4) is 0 Å². The molecule has 0 aromatic heterocycles. The van der Waals surface area contributed by atoms with Gasteiger partial charge in [-0.3, -0.25) is 0 Å². The van der Waals surface area contributed by atoms with E-state index in [1.165, 1.54) is 0 Å². The molecule has 0 aliphatic rings. The fraction of sp³-hybridized carbons (Fsp3) is 0.625. The monoisotopic (exact) mass is 176 g/mol. The number of rotatable bonds is 4. The van der Waals surface area contributed by atoms with Crippen LogP contribution in [0, 0.1) is 0 Å². The highest BCUT2D eigenvalue weighted by Gasteiger charge is 1.93. The van der Waals surface area contributed by atoms with E-state index in [1.54, 1.807) is 14.2 Å². The van der Waals surface area contributed by atoms with Gasteiger partial charge in [-0.1, -0.05) is 6.58 Å². The molecule has 0 aliphatic carbocycles. The molecule has 0 amide bonds. The van der Waals surface area contributed by atoms with Crippen LogP contribution in [0.3, 0.4) is 0 Å². The minimum absolute atomic E-state index is 0.227. The number of hydrogen-bond acceptors (Lipinski definition) is 3. The first-order valence-electron chi connectivity index (χ1n) is 3.45. The Morgan fingerprint density at radius 1 is 1.67 bits per heavy atom. The molecule has 0 fully saturated rings. The van der Waals surface area contributed by atoms with E-state index < -0.39 is 5.97 Å². The summed E-state index contributed by atoms with van der Waals surface area (Å²) in [5.41, 5.74) is 0. The standard InChI is InChI=1S/C5H12O2.C3H4O2/c1-5(7-3)4-6-2;1-2-3(4)5/h5H,4H2,1-3H3;2H,1H2,(H,4,5). The largest absolute Gasteiger partial charge is 0.478 e. The minimum atomic E-state index is -0.981. The highest BCUT2D eigenvalue weighted by molar-refractivity contribution is 5.78. The van der Waals surface area contributed by atoms with Crippen LogP contribution in [-0.2, 0) is 14.3 Å². The Balaban J connectivity index is 0. The van der Waals surface area contributed by atoms with Gasteiger partial charge in [0.2, 0.25) is 0 Å². The summed E-state index contributed by atoms with van der Waals surface area (Å²) in [4.78, 5) is 9.25. The van der Waals surface area contributed by atoms with Crippen molar-refractivity contribution in [3.63, 3.8) is 0 Å². The Kier molecular flexibility index (Phi) is 11.6. The molecule has 0 aliphatic heterocycles. The van der Waals surface area contributed by atoms with Crippen molar-refractivity contribution in [2.75, 3.05) is 20.8 Å². The third kappa shape index (κ3) is 16.1. The summed E-state index contributed by atoms with van der Waals surface area (Å²) in [5, 5.41) is 7.60. The van der Waals surface area contributed by atoms with Crippen molar-refractivity contribution < 1.29 is 19.4 Å². The van der Waals surface area contributed by atoms with Gasteiger partial charge in [0.25, 0.3) is 0 Å². The average molecular weight is 176 g/mol.